The fraction of sp³-hybridized carbons (Fsp3) is 0.227. The number of hydrogen-bond donors (Lipinski definition) is 1. The van der Waals surface area contributed by atoms with Crippen LogP contribution in [0.1, 0.15) is 18.2 Å². The monoisotopic (exact) mass is 584 g/mol. The van der Waals surface area contributed by atoms with Gasteiger partial charge in [0.15, 0.2) is 6.10 Å². The molecule has 8 nitrogen and oxygen atoms in total. The molecule has 0 saturated carbocycles. The first-order chi connectivity index (χ1) is 17.1. The molecule has 1 unspecified atom stereocenters. The standard InChI is InChI=1S/C22H15Cl3F4N2O6/c1-9(20(33)34)37-15-4-3-11(23)10(19(15)25)8-36-16-6-14(13(26)5-12(16)24)31-18(32)7-17(22(27,28)29)30(2)21(31)35/h3-7,9H,8H2,1-2H3,(H,33,34). The van der Waals surface area contributed by atoms with Crippen molar-refractivity contribution in [3.63, 3.8) is 0 Å². The van der Waals surface area contributed by atoms with Crippen LogP contribution in [0.25, 0.3) is 5.69 Å². The van der Waals surface area contributed by atoms with E-state index in [1.807, 2.05) is 0 Å². The van der Waals surface area contributed by atoms with Gasteiger partial charge >= 0.3 is 17.8 Å². The average molecular weight is 586 g/mol. The fourth-order valence-corrected chi connectivity index (χ4v) is 3.84. The average Bonchev–Trinajstić information content (AvgIpc) is 2.79. The highest BCUT2D eigenvalue weighted by atomic mass is 35.5. The van der Waals surface area contributed by atoms with Gasteiger partial charge in [0.05, 0.1) is 15.7 Å². The van der Waals surface area contributed by atoms with Crippen molar-refractivity contribution in [2.24, 2.45) is 7.05 Å². The molecule has 0 bridgehead atoms. The molecule has 2 aromatic carbocycles. The van der Waals surface area contributed by atoms with E-state index in [9.17, 15) is 31.9 Å². The summed E-state index contributed by atoms with van der Waals surface area (Å²) < 4.78 is 65.2. The van der Waals surface area contributed by atoms with Crippen LogP contribution in [0.4, 0.5) is 17.6 Å². The maximum atomic E-state index is 14.7. The van der Waals surface area contributed by atoms with Gasteiger partial charge < -0.3 is 14.6 Å². The Bertz CT molecular complexity index is 1500. The molecule has 0 fully saturated rings. The Balaban J connectivity index is 2.02. The molecule has 0 radical (unpaired) electrons. The van der Waals surface area contributed by atoms with Crippen LogP contribution in [0.15, 0.2) is 39.9 Å². The zero-order valence-corrected chi connectivity index (χ0v) is 21.0. The summed E-state index contributed by atoms with van der Waals surface area (Å²) >= 11 is 18.5. The summed E-state index contributed by atoms with van der Waals surface area (Å²) in [6.07, 6.45) is -6.25. The van der Waals surface area contributed by atoms with Gasteiger partial charge in [-0.25, -0.2) is 18.5 Å². The molecule has 3 rings (SSSR count). The molecule has 0 aliphatic heterocycles. The molecule has 0 aliphatic carbocycles. The number of carboxylic acid groups (broad SMARTS) is 1. The first-order valence-corrected chi connectivity index (χ1v) is 11.2. The third-order valence-corrected chi connectivity index (χ3v) is 6.09. The predicted octanol–water partition coefficient (Wildman–Crippen LogP) is 5.09. The minimum atomic E-state index is -5.00. The van der Waals surface area contributed by atoms with E-state index in [1.54, 1.807) is 0 Å². The lowest BCUT2D eigenvalue weighted by Gasteiger charge is -2.17. The van der Waals surface area contributed by atoms with Gasteiger partial charge in [-0.1, -0.05) is 34.8 Å². The number of aromatic nitrogens is 2. The second-order valence-corrected chi connectivity index (χ2v) is 8.69. The van der Waals surface area contributed by atoms with Crippen LogP contribution >= 0.6 is 34.8 Å². The molecule has 1 atom stereocenters. The molecule has 3 aromatic rings. The summed E-state index contributed by atoms with van der Waals surface area (Å²) in [6, 6.07) is 4.40. The highest BCUT2D eigenvalue weighted by Crippen LogP contribution is 2.36. The summed E-state index contributed by atoms with van der Waals surface area (Å²) in [7, 11) is 0.774. The predicted molar refractivity (Wildman–Crippen MR) is 126 cm³/mol. The first-order valence-electron chi connectivity index (χ1n) is 10.0. The molecule has 198 valence electrons. The van der Waals surface area contributed by atoms with Crippen LogP contribution < -0.4 is 20.7 Å². The molecule has 0 aliphatic rings. The summed E-state index contributed by atoms with van der Waals surface area (Å²) in [5.41, 5.74) is -5.01. The van der Waals surface area contributed by atoms with Crippen molar-refractivity contribution in [2.45, 2.75) is 25.8 Å². The largest absolute Gasteiger partial charge is 0.487 e. The van der Waals surface area contributed by atoms with Crippen molar-refractivity contribution in [1.29, 1.82) is 0 Å². The summed E-state index contributed by atoms with van der Waals surface area (Å²) in [4.78, 5) is 36.0. The number of rotatable bonds is 7. The molecule has 37 heavy (non-hydrogen) atoms. The van der Waals surface area contributed by atoms with E-state index in [2.05, 4.69) is 0 Å². The maximum absolute atomic E-state index is 14.7. The maximum Gasteiger partial charge on any atom is 0.431 e. The molecule has 0 amide bonds. The number of carbonyl (C=O) groups is 1. The summed E-state index contributed by atoms with van der Waals surface area (Å²) in [5, 5.41) is 8.72. The minimum Gasteiger partial charge on any atom is -0.487 e. The van der Waals surface area contributed by atoms with Crippen molar-refractivity contribution in [2.75, 3.05) is 0 Å². The van der Waals surface area contributed by atoms with E-state index >= 15 is 0 Å². The highest BCUT2D eigenvalue weighted by molar-refractivity contribution is 6.37. The number of halogens is 7. The van der Waals surface area contributed by atoms with E-state index in [0.717, 1.165) is 13.1 Å². The van der Waals surface area contributed by atoms with Crippen molar-refractivity contribution in [3.05, 3.63) is 83.3 Å². The van der Waals surface area contributed by atoms with Crippen molar-refractivity contribution in [3.8, 4) is 17.2 Å². The van der Waals surface area contributed by atoms with Gasteiger partial charge in [-0.15, -0.1) is 0 Å². The van der Waals surface area contributed by atoms with E-state index in [0.29, 0.717) is 6.07 Å². The summed E-state index contributed by atoms with van der Waals surface area (Å²) in [6.45, 7) is 0.859. The van der Waals surface area contributed by atoms with Crippen LogP contribution in [-0.4, -0.2) is 26.3 Å². The smallest absolute Gasteiger partial charge is 0.431 e. The van der Waals surface area contributed by atoms with Gasteiger partial charge in [-0.3, -0.25) is 9.36 Å². The Morgan fingerprint density at radius 2 is 1.73 bits per heavy atom. The molecular weight excluding hydrogens is 571 g/mol. The van der Waals surface area contributed by atoms with Gasteiger partial charge in [-0.2, -0.15) is 13.2 Å². The zero-order valence-electron chi connectivity index (χ0n) is 18.7. The second kappa shape index (κ2) is 10.6. The second-order valence-electron chi connectivity index (χ2n) is 7.50. The minimum absolute atomic E-state index is 0.0229. The SMILES string of the molecule is CC(Oc1ccc(Cl)c(COc2cc(-n3c(=O)cc(C(F)(F)F)n(C)c3=O)c(F)cc2Cl)c1Cl)C(=O)O. The number of carboxylic acids is 1. The van der Waals surface area contributed by atoms with Gasteiger partial charge in [0.25, 0.3) is 5.56 Å². The van der Waals surface area contributed by atoms with E-state index in [1.165, 1.54) is 19.1 Å². The first kappa shape index (κ1) is 28.4. The quantitative estimate of drug-likeness (QED) is 0.388. The van der Waals surface area contributed by atoms with E-state index in [-0.39, 0.29) is 47.3 Å². The van der Waals surface area contributed by atoms with Crippen molar-refractivity contribution >= 4 is 40.8 Å². The normalized spacial score (nSPS) is 12.4. The number of ether oxygens (including phenoxy) is 2. The topological polar surface area (TPSA) is 99.8 Å². The zero-order chi connectivity index (χ0) is 27.8. The van der Waals surface area contributed by atoms with E-state index in [4.69, 9.17) is 49.4 Å². The molecule has 1 heterocycles. The Morgan fingerprint density at radius 1 is 1.08 bits per heavy atom. The van der Waals surface area contributed by atoms with Crippen LogP contribution in [-0.2, 0) is 24.6 Å². The highest BCUT2D eigenvalue weighted by Gasteiger charge is 2.35. The molecule has 15 heteroatoms. The fourth-order valence-electron chi connectivity index (χ4n) is 3.11. The number of benzene rings is 2. The van der Waals surface area contributed by atoms with Gasteiger partial charge in [-0.05, 0) is 25.1 Å². The molecular formula is C22H15Cl3F4N2O6. The van der Waals surface area contributed by atoms with Crippen LogP contribution in [0.5, 0.6) is 11.5 Å². The number of alkyl halides is 3. The molecule has 1 aromatic heterocycles. The van der Waals surface area contributed by atoms with Gasteiger partial charge in [0, 0.05) is 29.8 Å². The Hall–Kier alpha value is -3.22. The molecule has 0 spiro atoms. The lowest BCUT2D eigenvalue weighted by molar-refractivity contribution is -0.144. The Labute approximate surface area is 220 Å². The summed E-state index contributed by atoms with van der Waals surface area (Å²) in [5.74, 6) is -2.74. The molecule has 1 N–H and O–H groups in total. The number of nitrogens with zero attached hydrogens (tertiary/aromatic N) is 2. The lowest BCUT2D eigenvalue weighted by atomic mass is 10.2. The van der Waals surface area contributed by atoms with Crippen LogP contribution in [0.2, 0.25) is 15.1 Å². The Kier molecular flexibility index (Phi) is 8.15. The van der Waals surface area contributed by atoms with Crippen LogP contribution in [0.3, 0.4) is 0 Å². The van der Waals surface area contributed by atoms with Crippen LogP contribution in [0, 0.1) is 5.82 Å². The van der Waals surface area contributed by atoms with Crippen molar-refractivity contribution in [1.82, 2.24) is 9.13 Å². The van der Waals surface area contributed by atoms with Crippen molar-refractivity contribution < 1.29 is 36.9 Å². The molecule has 0 saturated heterocycles. The lowest BCUT2D eigenvalue weighted by Crippen LogP contribution is -2.41. The van der Waals surface area contributed by atoms with Gasteiger partial charge in [0.2, 0.25) is 0 Å². The number of hydrogen-bond acceptors (Lipinski definition) is 5. The third kappa shape index (κ3) is 5.86. The Morgan fingerprint density at radius 3 is 2.32 bits per heavy atom. The van der Waals surface area contributed by atoms with Gasteiger partial charge in [0.1, 0.15) is 29.6 Å². The number of aliphatic carboxylic acids is 1. The van der Waals surface area contributed by atoms with E-state index < -0.39 is 53.3 Å². The third-order valence-electron chi connectivity index (χ3n) is 5.03.